The molecule has 0 spiro atoms. The molecule has 2 nitrogen and oxygen atoms in total. The largest absolute Gasteiger partial charge is 0.306 e. The first kappa shape index (κ1) is 13.7. The monoisotopic (exact) mass is 258 g/mol. The van der Waals surface area contributed by atoms with Crippen molar-refractivity contribution in [3.63, 3.8) is 0 Å². The maximum Gasteiger partial charge on any atom is 0.123 e. The van der Waals surface area contributed by atoms with Crippen LogP contribution in [0.15, 0.2) is 42.7 Å². The first-order chi connectivity index (χ1) is 9.22. The van der Waals surface area contributed by atoms with Gasteiger partial charge in [-0.15, -0.1) is 0 Å². The standard InChI is InChI=1S/C16H19FN2/c1-3-8-19-16(13-5-4-6-14(17)10-13)15-7-9-18-11-12(15)2/h4-7,9-11,16,19H,3,8H2,1-2H3. The van der Waals surface area contributed by atoms with E-state index in [2.05, 4.69) is 17.2 Å². The molecule has 2 rings (SSSR count). The minimum absolute atomic E-state index is 0.0126. The molecule has 0 bridgehead atoms. The molecule has 0 aliphatic heterocycles. The van der Waals surface area contributed by atoms with Gasteiger partial charge < -0.3 is 5.32 Å². The van der Waals surface area contributed by atoms with E-state index in [1.54, 1.807) is 18.3 Å². The summed E-state index contributed by atoms with van der Waals surface area (Å²) in [5, 5.41) is 3.48. The maximum atomic E-state index is 13.4. The Morgan fingerprint density at radius 3 is 2.84 bits per heavy atom. The lowest BCUT2D eigenvalue weighted by molar-refractivity contribution is 0.583. The van der Waals surface area contributed by atoms with Crippen molar-refractivity contribution in [2.75, 3.05) is 6.54 Å². The molecule has 0 saturated heterocycles. The van der Waals surface area contributed by atoms with Gasteiger partial charge in [-0.2, -0.15) is 0 Å². The molecule has 0 amide bonds. The number of aryl methyl sites for hydroxylation is 1. The SMILES string of the molecule is CCCNC(c1cccc(F)c1)c1ccncc1C. The Bertz CT molecular complexity index is 540. The molecule has 100 valence electrons. The Morgan fingerprint density at radius 2 is 2.16 bits per heavy atom. The summed E-state index contributed by atoms with van der Waals surface area (Å²) in [6, 6.07) is 8.78. The summed E-state index contributed by atoms with van der Waals surface area (Å²) >= 11 is 0. The molecule has 3 heteroatoms. The van der Waals surface area contributed by atoms with Crippen LogP contribution in [0.1, 0.15) is 36.1 Å². The Hall–Kier alpha value is -1.74. The summed E-state index contributed by atoms with van der Waals surface area (Å²) < 4.78 is 13.4. The van der Waals surface area contributed by atoms with Crippen LogP contribution < -0.4 is 5.32 Å². The lowest BCUT2D eigenvalue weighted by atomic mass is 9.96. The Morgan fingerprint density at radius 1 is 1.32 bits per heavy atom. The van der Waals surface area contributed by atoms with Crippen LogP contribution in [0.2, 0.25) is 0 Å². The lowest BCUT2D eigenvalue weighted by Gasteiger charge is -2.21. The number of pyridine rings is 1. The van der Waals surface area contributed by atoms with Crippen LogP contribution >= 0.6 is 0 Å². The number of hydrogen-bond acceptors (Lipinski definition) is 2. The Labute approximate surface area is 113 Å². The van der Waals surface area contributed by atoms with Gasteiger partial charge in [0.15, 0.2) is 0 Å². The van der Waals surface area contributed by atoms with Gasteiger partial charge in [0, 0.05) is 12.4 Å². The fourth-order valence-electron chi connectivity index (χ4n) is 2.19. The van der Waals surface area contributed by atoms with Crippen molar-refractivity contribution in [3.05, 3.63) is 65.2 Å². The molecule has 1 aromatic carbocycles. The molecule has 19 heavy (non-hydrogen) atoms. The van der Waals surface area contributed by atoms with Gasteiger partial charge in [0.05, 0.1) is 6.04 Å². The minimum Gasteiger partial charge on any atom is -0.306 e. The van der Waals surface area contributed by atoms with Crippen LogP contribution in [0.3, 0.4) is 0 Å². The molecule has 0 saturated carbocycles. The summed E-state index contributed by atoms with van der Waals surface area (Å²) in [4.78, 5) is 4.12. The van der Waals surface area contributed by atoms with E-state index < -0.39 is 0 Å². The van der Waals surface area contributed by atoms with Gasteiger partial charge in [0.25, 0.3) is 0 Å². The highest BCUT2D eigenvalue weighted by Crippen LogP contribution is 2.24. The number of nitrogens with one attached hydrogen (secondary N) is 1. The smallest absolute Gasteiger partial charge is 0.123 e. The minimum atomic E-state index is -0.201. The van der Waals surface area contributed by atoms with E-state index in [4.69, 9.17) is 0 Å². The first-order valence-electron chi connectivity index (χ1n) is 6.61. The van der Waals surface area contributed by atoms with Crippen molar-refractivity contribution >= 4 is 0 Å². The van der Waals surface area contributed by atoms with E-state index in [1.165, 1.54) is 6.07 Å². The predicted molar refractivity (Wildman–Crippen MR) is 75.5 cm³/mol. The van der Waals surface area contributed by atoms with E-state index in [0.29, 0.717) is 0 Å². The Kier molecular flexibility index (Phi) is 4.63. The third kappa shape index (κ3) is 3.38. The number of halogens is 1. The second kappa shape index (κ2) is 6.43. The molecule has 1 N–H and O–H groups in total. The van der Waals surface area contributed by atoms with Gasteiger partial charge in [0.2, 0.25) is 0 Å². The van der Waals surface area contributed by atoms with Crippen molar-refractivity contribution in [1.82, 2.24) is 10.3 Å². The van der Waals surface area contributed by atoms with Crippen LogP contribution in [-0.4, -0.2) is 11.5 Å². The molecule has 1 unspecified atom stereocenters. The van der Waals surface area contributed by atoms with Crippen molar-refractivity contribution in [1.29, 1.82) is 0 Å². The van der Waals surface area contributed by atoms with Crippen molar-refractivity contribution < 1.29 is 4.39 Å². The summed E-state index contributed by atoms with van der Waals surface area (Å²) in [6.45, 7) is 5.04. The second-order valence-corrected chi connectivity index (χ2v) is 4.67. The maximum absolute atomic E-state index is 13.4. The van der Waals surface area contributed by atoms with Gasteiger partial charge >= 0.3 is 0 Å². The van der Waals surface area contributed by atoms with E-state index in [-0.39, 0.29) is 11.9 Å². The van der Waals surface area contributed by atoms with Crippen molar-refractivity contribution in [2.24, 2.45) is 0 Å². The lowest BCUT2D eigenvalue weighted by Crippen LogP contribution is -2.24. The molecular weight excluding hydrogens is 239 g/mol. The van der Waals surface area contributed by atoms with Crippen molar-refractivity contribution in [2.45, 2.75) is 26.3 Å². The fourth-order valence-corrected chi connectivity index (χ4v) is 2.19. The van der Waals surface area contributed by atoms with Gasteiger partial charge in [-0.3, -0.25) is 4.98 Å². The summed E-state index contributed by atoms with van der Waals surface area (Å²) in [5.74, 6) is -0.201. The van der Waals surface area contributed by atoms with E-state index in [9.17, 15) is 4.39 Å². The molecule has 0 fully saturated rings. The number of benzene rings is 1. The fraction of sp³-hybridized carbons (Fsp3) is 0.312. The number of rotatable bonds is 5. The molecule has 0 aliphatic rings. The van der Waals surface area contributed by atoms with E-state index >= 15 is 0 Å². The highest BCUT2D eigenvalue weighted by atomic mass is 19.1. The predicted octanol–water partition coefficient (Wildman–Crippen LogP) is 3.62. The molecule has 0 radical (unpaired) electrons. The topological polar surface area (TPSA) is 24.9 Å². The summed E-state index contributed by atoms with van der Waals surface area (Å²) in [7, 11) is 0. The molecule has 1 atom stereocenters. The molecule has 1 heterocycles. The number of hydrogen-bond donors (Lipinski definition) is 1. The first-order valence-corrected chi connectivity index (χ1v) is 6.61. The van der Waals surface area contributed by atoms with Crippen LogP contribution in [0.5, 0.6) is 0 Å². The zero-order valence-corrected chi connectivity index (χ0v) is 11.4. The van der Waals surface area contributed by atoms with E-state index in [1.807, 2.05) is 25.3 Å². The highest BCUT2D eigenvalue weighted by molar-refractivity contribution is 5.35. The van der Waals surface area contributed by atoms with Crippen LogP contribution in [-0.2, 0) is 0 Å². The molecule has 1 aromatic heterocycles. The molecular formula is C16H19FN2. The third-order valence-corrected chi connectivity index (χ3v) is 3.16. The van der Waals surface area contributed by atoms with Gasteiger partial charge in [-0.05, 0) is 54.8 Å². The second-order valence-electron chi connectivity index (χ2n) is 4.67. The van der Waals surface area contributed by atoms with Gasteiger partial charge in [-0.1, -0.05) is 19.1 Å². The van der Waals surface area contributed by atoms with Gasteiger partial charge in [-0.25, -0.2) is 4.39 Å². The van der Waals surface area contributed by atoms with Crippen LogP contribution in [0, 0.1) is 12.7 Å². The zero-order valence-electron chi connectivity index (χ0n) is 11.4. The van der Waals surface area contributed by atoms with Crippen LogP contribution in [0.25, 0.3) is 0 Å². The Balaban J connectivity index is 2.38. The highest BCUT2D eigenvalue weighted by Gasteiger charge is 2.15. The molecule has 0 aliphatic carbocycles. The number of nitrogens with zero attached hydrogens (tertiary/aromatic N) is 1. The average Bonchev–Trinajstić information content (AvgIpc) is 2.41. The average molecular weight is 258 g/mol. The van der Waals surface area contributed by atoms with E-state index in [0.717, 1.165) is 29.7 Å². The quantitative estimate of drug-likeness (QED) is 0.886. The normalized spacial score (nSPS) is 12.4. The summed E-state index contributed by atoms with van der Waals surface area (Å²) in [5.41, 5.74) is 3.21. The number of aromatic nitrogens is 1. The van der Waals surface area contributed by atoms with Crippen LogP contribution in [0.4, 0.5) is 4.39 Å². The van der Waals surface area contributed by atoms with Gasteiger partial charge in [0.1, 0.15) is 5.82 Å². The molecule has 2 aromatic rings. The zero-order chi connectivity index (χ0) is 13.7. The summed E-state index contributed by atoms with van der Waals surface area (Å²) in [6.07, 6.45) is 4.66. The van der Waals surface area contributed by atoms with Crippen molar-refractivity contribution in [3.8, 4) is 0 Å². The third-order valence-electron chi connectivity index (χ3n) is 3.16.